The number of aromatic nitrogens is 2. The predicted octanol–water partition coefficient (Wildman–Crippen LogP) is 3.43. The maximum absolute atomic E-state index is 13.3. The van der Waals surface area contributed by atoms with Gasteiger partial charge < -0.3 is 15.2 Å². The number of aromatic hydroxyl groups is 1. The van der Waals surface area contributed by atoms with Gasteiger partial charge in [-0.25, -0.2) is 0 Å². The van der Waals surface area contributed by atoms with E-state index in [1.54, 1.807) is 12.1 Å². The Hall–Kier alpha value is -1.42. The number of ketones is 2. The van der Waals surface area contributed by atoms with Crippen molar-refractivity contribution in [2.45, 2.75) is 0 Å². The van der Waals surface area contributed by atoms with Gasteiger partial charge in [0.2, 0.25) is 11.6 Å². The van der Waals surface area contributed by atoms with Gasteiger partial charge in [0.1, 0.15) is 26.8 Å². The van der Waals surface area contributed by atoms with E-state index in [2.05, 4.69) is 20.9 Å². The Kier molecular flexibility index (Phi) is 8.54. The Bertz CT molecular complexity index is 1450. The first-order chi connectivity index (χ1) is 15.6. The fourth-order valence-corrected chi connectivity index (χ4v) is 4.46. The summed E-state index contributed by atoms with van der Waals surface area (Å²) in [5.41, 5.74) is -0.514. The van der Waals surface area contributed by atoms with E-state index < -0.39 is 17.3 Å². The normalized spacial score (nSPS) is 10.7. The summed E-state index contributed by atoms with van der Waals surface area (Å²) in [6, 6.07) is 11.2. The molecule has 0 spiro atoms. The topological polar surface area (TPSA) is 98.2 Å². The molecule has 2 aromatic carbocycles. The van der Waals surface area contributed by atoms with E-state index in [9.17, 15) is 19.8 Å². The molecule has 0 saturated heterocycles. The van der Waals surface area contributed by atoms with Gasteiger partial charge >= 0.3 is 29.6 Å². The molecule has 0 unspecified atom stereocenters. The summed E-state index contributed by atoms with van der Waals surface area (Å²) in [5, 5.41) is 22.1. The fraction of sp³-hybridized carbons (Fsp3) is 0. The Balaban J connectivity index is 0.00000324. The number of phenolic OH excluding ortho intramolecular Hbond substituents is 1. The summed E-state index contributed by atoms with van der Waals surface area (Å²) in [6.07, 6.45) is 0. The van der Waals surface area contributed by atoms with Crippen LogP contribution in [0.25, 0.3) is 5.69 Å². The Morgan fingerprint density at radius 1 is 0.971 bits per heavy atom. The molecule has 0 aliphatic rings. The van der Waals surface area contributed by atoms with Gasteiger partial charge in [-0.15, -0.1) is 0 Å². The van der Waals surface area contributed by atoms with Crippen LogP contribution in [0.1, 0.15) is 32.1 Å². The molecule has 0 fully saturated rings. The first-order valence-corrected chi connectivity index (χ1v) is 11.4. The molecule has 0 aliphatic heterocycles. The molecule has 0 bridgehead atoms. The largest absolute Gasteiger partial charge is 1.00 e. The third kappa shape index (κ3) is 4.81. The van der Waals surface area contributed by atoms with E-state index in [1.807, 2.05) is 0 Å². The van der Waals surface area contributed by atoms with Crippen molar-refractivity contribution in [1.29, 1.82) is 0 Å². The summed E-state index contributed by atoms with van der Waals surface area (Å²) in [4.78, 5) is 29.3. The molecular formula is C22H10BrCl4N2NaO4. The number of halogens is 5. The first kappa shape index (κ1) is 27.2. The van der Waals surface area contributed by atoms with Gasteiger partial charge in [0.15, 0.2) is 0 Å². The molecule has 12 heteroatoms. The standard InChI is InChI=1S/C22H11BrCl4N2O4.Na/c23-9-5-6-15(31)11(7-9)19(32)13-8-12(24)22(27)29(13)18-16(25)21(26)28-17(18)20(33)10-3-1-2-4-14(10)30;/h1-8,28,30-31H;/q;+1/p-1. The number of nitrogens with one attached hydrogen (secondary N) is 1. The van der Waals surface area contributed by atoms with Gasteiger partial charge in [-0.2, -0.15) is 0 Å². The molecule has 4 aromatic rings. The van der Waals surface area contributed by atoms with E-state index in [0.717, 1.165) is 4.57 Å². The quantitative estimate of drug-likeness (QED) is 0.267. The van der Waals surface area contributed by atoms with Crippen LogP contribution >= 0.6 is 62.3 Å². The summed E-state index contributed by atoms with van der Waals surface area (Å²) in [6.45, 7) is 0. The predicted molar refractivity (Wildman–Crippen MR) is 129 cm³/mol. The summed E-state index contributed by atoms with van der Waals surface area (Å²) >= 11 is 28.4. The first-order valence-electron chi connectivity index (χ1n) is 9.09. The molecular weight excluding hydrogens is 601 g/mol. The molecule has 0 aliphatic carbocycles. The van der Waals surface area contributed by atoms with Crippen LogP contribution in [0.5, 0.6) is 11.5 Å². The zero-order valence-corrected chi connectivity index (χ0v) is 23.7. The number of hydrogen-bond donors (Lipinski definition) is 2. The number of H-pyrrole nitrogens is 1. The summed E-state index contributed by atoms with van der Waals surface area (Å²) in [5.74, 6) is -2.16. The Morgan fingerprint density at radius 3 is 2.32 bits per heavy atom. The van der Waals surface area contributed by atoms with Crippen LogP contribution in [0, 0.1) is 0 Å². The smallest absolute Gasteiger partial charge is 0.872 e. The third-order valence-corrected chi connectivity index (χ3v) is 6.79. The van der Waals surface area contributed by atoms with E-state index in [-0.39, 0.29) is 83.9 Å². The number of carbonyl (C=O) groups excluding carboxylic acids is 2. The molecule has 2 aromatic heterocycles. The SMILES string of the molecule is O=C(c1ccccc1O)c1[nH]c(Cl)c(Cl)c1-n1c(C(=O)c2cc(Br)ccc2[O-])cc(Cl)c1Cl.[Na+]. The minimum Gasteiger partial charge on any atom is -0.872 e. The third-order valence-electron chi connectivity index (χ3n) is 4.79. The van der Waals surface area contributed by atoms with Crippen LogP contribution in [0.2, 0.25) is 20.4 Å². The maximum atomic E-state index is 13.3. The minimum atomic E-state index is -0.704. The average molecular weight is 611 g/mol. The molecule has 6 nitrogen and oxygen atoms in total. The number of hydrogen-bond acceptors (Lipinski definition) is 4. The number of carbonyl (C=O) groups is 2. The number of para-hydroxylation sites is 1. The van der Waals surface area contributed by atoms with Crippen molar-refractivity contribution in [2.75, 3.05) is 0 Å². The van der Waals surface area contributed by atoms with Gasteiger partial charge in [0.25, 0.3) is 0 Å². The van der Waals surface area contributed by atoms with E-state index >= 15 is 0 Å². The van der Waals surface area contributed by atoms with Crippen LogP contribution in [0.15, 0.2) is 53.0 Å². The van der Waals surface area contributed by atoms with E-state index in [4.69, 9.17) is 46.4 Å². The molecule has 0 radical (unpaired) electrons. The second kappa shape index (κ2) is 10.7. The van der Waals surface area contributed by atoms with Crippen LogP contribution in [0.4, 0.5) is 0 Å². The Labute approximate surface area is 243 Å². The van der Waals surface area contributed by atoms with Gasteiger partial charge in [-0.1, -0.05) is 86.3 Å². The van der Waals surface area contributed by atoms with Crippen LogP contribution in [-0.4, -0.2) is 26.2 Å². The van der Waals surface area contributed by atoms with Gasteiger partial charge in [0.05, 0.1) is 22.0 Å². The average Bonchev–Trinajstić information content (AvgIpc) is 3.24. The molecule has 0 atom stereocenters. The molecule has 4 rings (SSSR count). The summed E-state index contributed by atoms with van der Waals surface area (Å²) in [7, 11) is 0. The van der Waals surface area contributed by atoms with Crippen molar-refractivity contribution >= 4 is 73.9 Å². The zero-order chi connectivity index (χ0) is 24.0. The van der Waals surface area contributed by atoms with Crippen molar-refractivity contribution in [3.8, 4) is 17.2 Å². The number of rotatable bonds is 5. The fourth-order valence-electron chi connectivity index (χ4n) is 3.27. The van der Waals surface area contributed by atoms with Crippen LogP contribution < -0.4 is 34.7 Å². The van der Waals surface area contributed by atoms with Crippen molar-refractivity contribution in [3.63, 3.8) is 0 Å². The zero-order valence-electron chi connectivity index (χ0n) is 17.1. The molecule has 2 N–H and O–H groups in total. The van der Waals surface area contributed by atoms with Crippen molar-refractivity contribution in [3.05, 3.63) is 95.9 Å². The van der Waals surface area contributed by atoms with Crippen molar-refractivity contribution in [1.82, 2.24) is 9.55 Å². The number of nitrogens with zero attached hydrogens (tertiary/aromatic N) is 1. The number of benzene rings is 2. The van der Waals surface area contributed by atoms with Gasteiger partial charge in [-0.3, -0.25) is 14.2 Å². The second-order valence-electron chi connectivity index (χ2n) is 6.80. The van der Waals surface area contributed by atoms with Crippen LogP contribution in [0.3, 0.4) is 0 Å². The van der Waals surface area contributed by atoms with Crippen molar-refractivity contribution < 1.29 is 49.4 Å². The molecule has 168 valence electrons. The molecule has 0 saturated carbocycles. The van der Waals surface area contributed by atoms with Crippen LogP contribution in [-0.2, 0) is 0 Å². The minimum absolute atomic E-state index is 0. The van der Waals surface area contributed by atoms with E-state index in [1.165, 1.54) is 36.4 Å². The molecule has 34 heavy (non-hydrogen) atoms. The monoisotopic (exact) mass is 608 g/mol. The van der Waals surface area contributed by atoms with Gasteiger partial charge in [-0.05, 0) is 30.3 Å². The van der Waals surface area contributed by atoms with Crippen molar-refractivity contribution in [2.24, 2.45) is 0 Å². The second-order valence-corrected chi connectivity index (χ2v) is 9.23. The van der Waals surface area contributed by atoms with E-state index in [0.29, 0.717) is 4.47 Å². The molecule has 2 heterocycles. The number of aromatic amines is 1. The molecule has 0 amide bonds. The Morgan fingerprint density at radius 2 is 1.65 bits per heavy atom. The summed E-state index contributed by atoms with van der Waals surface area (Å²) < 4.78 is 1.66. The maximum Gasteiger partial charge on any atom is 1.00 e. The van der Waals surface area contributed by atoms with Gasteiger partial charge in [0, 0.05) is 10.0 Å². The number of phenols is 1.